The van der Waals surface area contributed by atoms with Crippen LogP contribution in [0.1, 0.15) is 29.2 Å². The second-order valence-electron chi connectivity index (χ2n) is 7.17. The van der Waals surface area contributed by atoms with Crippen LogP contribution in [0.4, 0.5) is 0 Å². The fourth-order valence-corrected chi connectivity index (χ4v) is 4.13. The van der Waals surface area contributed by atoms with Crippen molar-refractivity contribution in [3.05, 3.63) is 83.9 Å². The van der Waals surface area contributed by atoms with Gasteiger partial charge in [0.1, 0.15) is 0 Å². The van der Waals surface area contributed by atoms with E-state index >= 15 is 0 Å². The van der Waals surface area contributed by atoms with Crippen molar-refractivity contribution in [2.75, 3.05) is 13.1 Å². The number of rotatable bonds is 6. The van der Waals surface area contributed by atoms with Gasteiger partial charge in [0, 0.05) is 38.0 Å². The molecule has 3 heteroatoms. The molecule has 0 bridgehead atoms. The normalized spacial score (nSPS) is 21.5. The fraction of sp³-hybridized carbons (Fsp3) is 0.304. The van der Waals surface area contributed by atoms with E-state index in [2.05, 4.69) is 87.7 Å². The minimum Gasteiger partial charge on any atom is -0.293 e. The van der Waals surface area contributed by atoms with Gasteiger partial charge in [-0.1, -0.05) is 73.8 Å². The Balaban J connectivity index is 1.64. The maximum absolute atomic E-state index is 3.88. The van der Waals surface area contributed by atoms with Gasteiger partial charge in [-0.3, -0.25) is 9.80 Å². The topological polar surface area (TPSA) is 6.48 Å². The van der Waals surface area contributed by atoms with Crippen molar-refractivity contribution in [2.24, 2.45) is 0 Å². The molecule has 1 fully saturated rings. The predicted octanol–water partition coefficient (Wildman–Crippen LogP) is 4.88. The summed E-state index contributed by atoms with van der Waals surface area (Å²) in [6.07, 6.45) is 3.83. The lowest BCUT2D eigenvalue weighted by atomic mass is 10.1. The van der Waals surface area contributed by atoms with Gasteiger partial charge in [0.15, 0.2) is 0 Å². The molecule has 2 aromatic carbocycles. The molecule has 0 spiro atoms. The van der Waals surface area contributed by atoms with Crippen LogP contribution in [0.25, 0.3) is 12.2 Å². The third kappa shape index (κ3) is 4.71. The zero-order valence-corrected chi connectivity index (χ0v) is 16.8. The number of nitrogens with zero attached hydrogens (tertiary/aromatic N) is 2. The van der Waals surface area contributed by atoms with E-state index in [1.807, 2.05) is 12.2 Å². The SMILES string of the molecule is C=Cc1cccc(CN2CC(P)N(Cc3cccc(C=C)c3)CC2C)c1. The first kappa shape index (κ1) is 19.0. The molecule has 1 aliphatic rings. The zero-order valence-electron chi connectivity index (χ0n) is 15.6. The Morgan fingerprint density at radius 1 is 0.923 bits per heavy atom. The van der Waals surface area contributed by atoms with Crippen LogP contribution in [0, 0.1) is 0 Å². The van der Waals surface area contributed by atoms with Crippen LogP contribution in [0.5, 0.6) is 0 Å². The second kappa shape index (κ2) is 8.77. The molecule has 1 aliphatic heterocycles. The van der Waals surface area contributed by atoms with E-state index in [0.29, 0.717) is 11.8 Å². The summed E-state index contributed by atoms with van der Waals surface area (Å²) in [5, 5.41) is 0. The minimum atomic E-state index is 0.459. The molecule has 0 aliphatic carbocycles. The van der Waals surface area contributed by atoms with Gasteiger partial charge in [0.2, 0.25) is 0 Å². The van der Waals surface area contributed by atoms with Crippen molar-refractivity contribution in [1.29, 1.82) is 0 Å². The van der Waals surface area contributed by atoms with E-state index in [0.717, 1.165) is 26.2 Å². The number of hydrogen-bond donors (Lipinski definition) is 0. The third-order valence-corrected chi connectivity index (χ3v) is 5.79. The van der Waals surface area contributed by atoms with Gasteiger partial charge >= 0.3 is 0 Å². The molecule has 3 unspecified atom stereocenters. The molecule has 0 N–H and O–H groups in total. The highest BCUT2D eigenvalue weighted by Gasteiger charge is 2.29. The molecule has 0 saturated carbocycles. The largest absolute Gasteiger partial charge is 0.293 e. The fourth-order valence-electron chi connectivity index (χ4n) is 3.63. The Morgan fingerprint density at radius 2 is 1.46 bits per heavy atom. The van der Waals surface area contributed by atoms with Crippen molar-refractivity contribution < 1.29 is 0 Å². The number of hydrogen-bond acceptors (Lipinski definition) is 2. The molecule has 1 heterocycles. The van der Waals surface area contributed by atoms with Crippen molar-refractivity contribution in [3.8, 4) is 0 Å². The molecule has 136 valence electrons. The van der Waals surface area contributed by atoms with Gasteiger partial charge in [0.05, 0.1) is 0 Å². The molecule has 3 rings (SSSR count). The Morgan fingerprint density at radius 3 is 2.00 bits per heavy atom. The lowest BCUT2D eigenvalue weighted by molar-refractivity contribution is 0.0592. The summed E-state index contributed by atoms with van der Waals surface area (Å²) >= 11 is 0. The number of benzene rings is 2. The van der Waals surface area contributed by atoms with Crippen molar-refractivity contribution in [1.82, 2.24) is 9.80 Å². The van der Waals surface area contributed by atoms with Crippen LogP contribution in [-0.2, 0) is 13.1 Å². The zero-order chi connectivity index (χ0) is 18.5. The first-order valence-corrected chi connectivity index (χ1v) is 9.92. The second-order valence-corrected chi connectivity index (χ2v) is 7.94. The van der Waals surface area contributed by atoms with Gasteiger partial charge in [-0.2, -0.15) is 0 Å². The van der Waals surface area contributed by atoms with E-state index in [-0.39, 0.29) is 0 Å². The molecule has 0 radical (unpaired) electrons. The molecule has 2 nitrogen and oxygen atoms in total. The van der Waals surface area contributed by atoms with Crippen molar-refractivity contribution in [3.63, 3.8) is 0 Å². The van der Waals surface area contributed by atoms with Crippen LogP contribution >= 0.6 is 9.24 Å². The minimum absolute atomic E-state index is 0.459. The summed E-state index contributed by atoms with van der Waals surface area (Å²) in [5.41, 5.74) is 5.10. The van der Waals surface area contributed by atoms with E-state index in [4.69, 9.17) is 0 Å². The monoisotopic (exact) mass is 364 g/mol. The molecule has 26 heavy (non-hydrogen) atoms. The summed E-state index contributed by atoms with van der Waals surface area (Å²) in [6, 6.07) is 17.9. The Bertz CT molecular complexity index is 705. The predicted molar refractivity (Wildman–Crippen MR) is 117 cm³/mol. The van der Waals surface area contributed by atoms with Crippen LogP contribution in [-0.4, -0.2) is 34.7 Å². The van der Waals surface area contributed by atoms with Gasteiger partial charge in [0.25, 0.3) is 0 Å². The quantitative estimate of drug-likeness (QED) is 0.674. The first-order valence-electron chi connectivity index (χ1n) is 9.25. The van der Waals surface area contributed by atoms with E-state index in [1.54, 1.807) is 0 Å². The lowest BCUT2D eigenvalue weighted by Gasteiger charge is -2.44. The highest BCUT2D eigenvalue weighted by molar-refractivity contribution is 7.17. The van der Waals surface area contributed by atoms with Crippen LogP contribution in [0.2, 0.25) is 0 Å². The molecule has 0 amide bonds. The molecule has 2 aromatic rings. The Labute approximate surface area is 160 Å². The van der Waals surface area contributed by atoms with Gasteiger partial charge in [-0.25, -0.2) is 0 Å². The average molecular weight is 364 g/mol. The van der Waals surface area contributed by atoms with Crippen LogP contribution in [0.3, 0.4) is 0 Å². The van der Waals surface area contributed by atoms with Crippen molar-refractivity contribution in [2.45, 2.75) is 31.8 Å². The molecular formula is C23H29N2P. The van der Waals surface area contributed by atoms with E-state index < -0.39 is 0 Å². The summed E-state index contributed by atoms with van der Waals surface area (Å²) in [5.74, 6) is 0.459. The highest BCUT2D eigenvalue weighted by atomic mass is 31.0. The van der Waals surface area contributed by atoms with E-state index in [1.165, 1.54) is 22.3 Å². The standard InChI is InChI=1S/C23H29N2P/c1-4-19-8-6-10-21(12-19)15-24-17-23(26)25(14-18(24)3)16-22-11-7-9-20(5-2)13-22/h4-13,18,23H,1-2,14-17,26H2,3H3. The maximum atomic E-state index is 3.88. The number of piperazine rings is 1. The first-order chi connectivity index (χ1) is 12.6. The van der Waals surface area contributed by atoms with Crippen molar-refractivity contribution >= 4 is 21.4 Å². The Hall–Kier alpha value is -1.73. The van der Waals surface area contributed by atoms with E-state index in [9.17, 15) is 0 Å². The summed E-state index contributed by atoms with van der Waals surface area (Å²) in [4.78, 5) is 5.14. The summed E-state index contributed by atoms with van der Waals surface area (Å²) in [7, 11) is 3.04. The summed E-state index contributed by atoms with van der Waals surface area (Å²) in [6.45, 7) is 14.2. The van der Waals surface area contributed by atoms with Gasteiger partial charge in [-0.15, -0.1) is 9.24 Å². The van der Waals surface area contributed by atoms with Gasteiger partial charge < -0.3 is 0 Å². The smallest absolute Gasteiger partial charge is 0.0370 e. The maximum Gasteiger partial charge on any atom is 0.0370 e. The molecular weight excluding hydrogens is 335 g/mol. The molecule has 3 atom stereocenters. The molecule has 1 saturated heterocycles. The summed E-state index contributed by atoms with van der Waals surface area (Å²) < 4.78 is 0. The van der Waals surface area contributed by atoms with Gasteiger partial charge in [-0.05, 0) is 29.2 Å². The average Bonchev–Trinajstić information content (AvgIpc) is 2.66. The van der Waals surface area contributed by atoms with Crippen LogP contribution in [0.15, 0.2) is 61.7 Å². The van der Waals surface area contributed by atoms with Crippen LogP contribution < -0.4 is 0 Å². The third-order valence-electron chi connectivity index (χ3n) is 5.16. The molecule has 0 aromatic heterocycles. The lowest BCUT2D eigenvalue weighted by Crippen LogP contribution is -2.54. The Kier molecular flexibility index (Phi) is 6.43. The highest BCUT2D eigenvalue weighted by Crippen LogP contribution is 2.24.